The summed E-state index contributed by atoms with van der Waals surface area (Å²) in [5.74, 6) is -1.82. The topological polar surface area (TPSA) is 263 Å². The fraction of sp³-hybridized carbons (Fsp3) is 0.482. The molecule has 8 aromatic rings. The fourth-order valence-electron chi connectivity index (χ4n) is 19.6. The van der Waals surface area contributed by atoms with Crippen LogP contribution in [0.2, 0.25) is 0 Å². The lowest BCUT2D eigenvalue weighted by Gasteiger charge is -2.34. The average Bonchev–Trinajstić information content (AvgIpc) is 1.60. The van der Waals surface area contributed by atoms with Gasteiger partial charge in [-0.25, -0.2) is 26.3 Å². The molecule has 8 aliphatic rings. The van der Waals surface area contributed by atoms with E-state index in [1.54, 1.807) is 43.9 Å². The predicted octanol–water partition coefficient (Wildman–Crippen LogP) is 19.1. The molecule has 0 bridgehead atoms. The van der Waals surface area contributed by atoms with E-state index in [0.717, 1.165) is 150 Å². The van der Waals surface area contributed by atoms with E-state index in [0.29, 0.717) is 173 Å². The van der Waals surface area contributed by atoms with Crippen LogP contribution < -0.4 is 21.3 Å². The maximum absolute atomic E-state index is 13.3. The molecule has 0 radical (unpaired) electrons. The number of ether oxygens (including phenoxy) is 3. The van der Waals surface area contributed by atoms with Crippen LogP contribution in [0.4, 0.5) is 52.7 Å². The molecule has 4 saturated carbocycles. The SMILES string of the molecule is CC1(CCCCC[C@H](NC(=O)c2ccc(F)cc2)C(=O)N2CCOCC2)C[C@H]1c1ccc(F)cc1.CN1CCN(C(=O)[C@H](CCCCCC2C[C@H]2c2ccc(F)cc2)NC(=O)c2ccc(C(F)(F)F)cc2)CC1.O=C(CCC[C@H](NC(=O)c1ccc(C(F)(F)F)cc1)C(=O)N1CCOCC1)CC1C[C@H]1c1ccc(F)cc1.O=C(CCC[C@H](NC(=O)c1ccc(F)cc1)C(=O)N1CCOCC1)CC1C[C@H]1c1ccc(F)cc1. The number of alkyl halides is 6. The lowest BCUT2D eigenvalue weighted by molar-refractivity contribution is -0.138. The van der Waals surface area contributed by atoms with Crippen molar-refractivity contribution >= 4 is 58.8 Å². The molecule has 16 rings (SSSR count). The Balaban J connectivity index is 0.000000163. The molecule has 146 heavy (non-hydrogen) atoms. The van der Waals surface area contributed by atoms with Crippen molar-refractivity contribution in [2.45, 2.75) is 208 Å². The zero-order valence-corrected chi connectivity index (χ0v) is 82.3. The van der Waals surface area contributed by atoms with E-state index < -0.39 is 77.0 Å². The van der Waals surface area contributed by atoms with Gasteiger partial charge in [-0.1, -0.05) is 94.0 Å². The molecular weight excluding hydrogens is 1910 g/mol. The second kappa shape index (κ2) is 53.0. The summed E-state index contributed by atoms with van der Waals surface area (Å²) in [4.78, 5) is 138. The van der Waals surface area contributed by atoms with Crippen LogP contribution in [-0.4, -0.2) is 220 Å². The Hall–Kier alpha value is -12.1. The van der Waals surface area contributed by atoms with Gasteiger partial charge in [0.25, 0.3) is 23.6 Å². The van der Waals surface area contributed by atoms with Gasteiger partial charge in [0.15, 0.2) is 0 Å². The number of nitrogens with zero attached hydrogens (tertiary/aromatic N) is 5. The van der Waals surface area contributed by atoms with Crippen LogP contribution in [0.25, 0.3) is 0 Å². The predicted molar refractivity (Wildman–Crippen MR) is 524 cm³/mol. The van der Waals surface area contributed by atoms with Gasteiger partial charge >= 0.3 is 12.4 Å². The van der Waals surface area contributed by atoms with Crippen molar-refractivity contribution in [1.29, 1.82) is 0 Å². The summed E-state index contributed by atoms with van der Waals surface area (Å²) in [5.41, 5.74) is 3.72. The minimum absolute atomic E-state index is 0.00872. The van der Waals surface area contributed by atoms with Gasteiger partial charge < -0.3 is 60.0 Å². The van der Waals surface area contributed by atoms with Crippen molar-refractivity contribution < 1.29 is 115 Å². The third-order valence-electron chi connectivity index (χ3n) is 28.8. The van der Waals surface area contributed by atoms with Crippen molar-refractivity contribution in [3.05, 3.63) is 285 Å². The number of carbonyl (C=O) groups is 10. The van der Waals surface area contributed by atoms with Crippen LogP contribution in [-0.2, 0) is 55.3 Å². The van der Waals surface area contributed by atoms with E-state index in [1.807, 2.05) is 31.3 Å². The first-order valence-electron chi connectivity index (χ1n) is 50.7. The summed E-state index contributed by atoms with van der Waals surface area (Å²) in [6.07, 6.45) is 6.54. The molecule has 0 aromatic heterocycles. The van der Waals surface area contributed by atoms with Crippen molar-refractivity contribution in [3.8, 4) is 0 Å². The summed E-state index contributed by atoms with van der Waals surface area (Å²) >= 11 is 0. The monoisotopic (exact) mass is 2040 g/mol. The Morgan fingerprint density at radius 1 is 0.329 bits per heavy atom. The quantitative estimate of drug-likeness (QED) is 0.0206. The minimum Gasteiger partial charge on any atom is -0.378 e. The van der Waals surface area contributed by atoms with Crippen molar-refractivity contribution in [2.75, 3.05) is 112 Å². The number of hydrogen-bond donors (Lipinski definition) is 4. The molecule has 4 heterocycles. The first kappa shape index (κ1) is 111. The average molecular weight is 2040 g/mol. The second-order valence-corrected chi connectivity index (χ2v) is 39.6. The number of rotatable bonds is 40. The first-order chi connectivity index (χ1) is 70.0. The molecule has 0 spiro atoms. The minimum atomic E-state index is -4.52. The van der Waals surface area contributed by atoms with Crippen LogP contribution in [0, 0.1) is 58.1 Å². The zero-order valence-electron chi connectivity index (χ0n) is 82.3. The van der Waals surface area contributed by atoms with Crippen LogP contribution >= 0.6 is 0 Å². The number of morpholine rings is 3. The Morgan fingerprint density at radius 2 is 0.596 bits per heavy atom. The third-order valence-corrected chi connectivity index (χ3v) is 28.8. The zero-order chi connectivity index (χ0) is 104. The standard InChI is InChI=1S/C29H35F4N3O2.C28H30F4N2O4.C28H34F2N2O3.C27H30F2N2O4/c1-35-15-17-36(18-16-35)28(38)26(34-27(37)21-7-11-23(12-8-21)29(31,32)33)6-4-2-3-5-22-19-25(22)20-9-13-24(30)14-10-20;29-22-10-6-18(7-11-22)24-17-20(24)16-23(35)2-1-3-25(27(37)34-12-14-38-15-13-34)33-26(36)19-4-8-21(9-5-19)28(30,31)32;1-28(19-24(28)20-6-10-22(29)11-7-20)14-4-2-3-5-25(27(34)32-15-17-35-18-16-32)31-26(33)21-8-12-23(30)13-9-21;28-21-8-4-18(5-9-21)24-17-20(24)16-23(32)2-1-3-25(27(34)31-12-14-35-15-13-31)30-26(33)19-6-10-22(29)11-7-19/h7-14,22,25-26H,2-6,15-19H2,1H3,(H,34,37);4-11,20,24-25H,1-3,12-17H2,(H,33,36);6-13,24-25H,2-5,14-19H2,1H3,(H,31,33);4-11,20,24-25H,1-3,12-17H2,(H,30,33)/t22?,25-,26-;20?,24-,25-;24-,25-,28?;20?,24-,25-/m0000/s1. The Bertz CT molecular complexity index is 5630. The Morgan fingerprint density at radius 3 is 0.911 bits per heavy atom. The molecule has 22 nitrogen and oxygen atoms in total. The van der Waals surface area contributed by atoms with Crippen LogP contribution in [0.5, 0.6) is 0 Å². The highest BCUT2D eigenvalue weighted by molar-refractivity contribution is 6.00. The number of unbranched alkanes of at least 4 members (excludes halogenated alkanes) is 4. The Kier molecular flexibility index (Phi) is 40.3. The maximum atomic E-state index is 13.3. The number of nitrogens with one attached hydrogen (secondary N) is 4. The van der Waals surface area contributed by atoms with E-state index in [-0.39, 0.29) is 117 Å². The number of amides is 8. The van der Waals surface area contributed by atoms with E-state index in [9.17, 15) is 101 Å². The Labute approximate surface area is 843 Å². The number of halogens is 12. The van der Waals surface area contributed by atoms with Crippen LogP contribution in [0.3, 0.4) is 0 Å². The van der Waals surface area contributed by atoms with Crippen LogP contribution in [0.15, 0.2) is 194 Å². The highest BCUT2D eigenvalue weighted by Gasteiger charge is 2.50. The lowest BCUT2D eigenvalue weighted by Crippen LogP contribution is -2.54. The molecule has 4 aliphatic heterocycles. The molecule has 4 aliphatic carbocycles. The number of hydrogen-bond acceptors (Lipinski definition) is 14. The van der Waals surface area contributed by atoms with Crippen molar-refractivity contribution in [3.63, 3.8) is 0 Å². The van der Waals surface area contributed by atoms with Gasteiger partial charge in [0.1, 0.15) is 70.6 Å². The normalized spacial score (nSPS) is 20.8. The molecular formula is C112H129F12N9O13. The molecule has 8 amide bonds. The number of piperazine rings is 1. The summed E-state index contributed by atoms with van der Waals surface area (Å²) in [7, 11) is 1.99. The van der Waals surface area contributed by atoms with E-state index in [2.05, 4.69) is 33.1 Å². The van der Waals surface area contributed by atoms with Gasteiger partial charge in [-0.2, -0.15) is 26.3 Å². The highest BCUT2D eigenvalue weighted by atomic mass is 19.4. The largest absolute Gasteiger partial charge is 0.416 e. The molecule has 784 valence electrons. The summed E-state index contributed by atoms with van der Waals surface area (Å²) in [5, 5.41) is 11.1. The lowest BCUT2D eigenvalue weighted by atomic mass is 9.94. The summed E-state index contributed by atoms with van der Waals surface area (Å²) in [6.45, 7) is 10.3. The highest BCUT2D eigenvalue weighted by Crippen LogP contribution is 2.62. The summed E-state index contributed by atoms with van der Waals surface area (Å²) < 4.78 is 172. The second-order valence-electron chi connectivity index (χ2n) is 39.6. The van der Waals surface area contributed by atoms with Gasteiger partial charge in [0.2, 0.25) is 23.6 Å². The molecule has 4 N–H and O–H groups in total. The molecule has 4 unspecified atom stereocenters. The molecule has 34 heteroatoms. The first-order valence-corrected chi connectivity index (χ1v) is 50.7. The van der Waals surface area contributed by atoms with Gasteiger partial charge in [-0.05, 0) is 299 Å². The van der Waals surface area contributed by atoms with Gasteiger partial charge in [0, 0.05) is 113 Å². The number of likely N-dealkylation sites (N-methyl/N-ethyl adjacent to an activating group) is 1. The van der Waals surface area contributed by atoms with E-state index in [1.165, 1.54) is 108 Å². The number of benzene rings is 8. The summed E-state index contributed by atoms with van der Waals surface area (Å²) in [6, 6.07) is 41.6. The van der Waals surface area contributed by atoms with E-state index in [4.69, 9.17) is 14.2 Å². The number of ketones is 2. The van der Waals surface area contributed by atoms with Gasteiger partial charge in [-0.3, -0.25) is 47.9 Å². The van der Waals surface area contributed by atoms with E-state index >= 15 is 0 Å². The molecule has 12 atom stereocenters. The van der Waals surface area contributed by atoms with Gasteiger partial charge in [-0.15, -0.1) is 0 Å². The molecule has 8 fully saturated rings. The number of Topliss-reactive ketones (excluding diaryl/α,β-unsaturated/α-hetero) is 2. The molecule has 8 aromatic carbocycles. The number of carbonyl (C=O) groups excluding carboxylic acids is 10. The van der Waals surface area contributed by atoms with Crippen molar-refractivity contribution in [1.82, 2.24) is 45.8 Å². The van der Waals surface area contributed by atoms with Crippen LogP contribution in [0.1, 0.15) is 247 Å². The third kappa shape index (κ3) is 34.0. The maximum Gasteiger partial charge on any atom is 0.416 e. The fourth-order valence-corrected chi connectivity index (χ4v) is 19.6. The smallest absolute Gasteiger partial charge is 0.378 e. The van der Waals surface area contributed by atoms with Gasteiger partial charge in [0.05, 0.1) is 50.8 Å². The molecule has 4 saturated heterocycles. The van der Waals surface area contributed by atoms with Crippen molar-refractivity contribution in [2.24, 2.45) is 23.2 Å².